The Bertz CT molecular complexity index is 611. The van der Waals surface area contributed by atoms with E-state index in [1.54, 1.807) is 11.3 Å². The van der Waals surface area contributed by atoms with Crippen molar-refractivity contribution in [1.29, 1.82) is 0 Å². The van der Waals surface area contributed by atoms with E-state index in [2.05, 4.69) is 15.6 Å². The lowest BCUT2D eigenvalue weighted by Crippen LogP contribution is -2.37. The summed E-state index contributed by atoms with van der Waals surface area (Å²) in [5.74, 6) is 0.0414. The van der Waals surface area contributed by atoms with E-state index in [0.29, 0.717) is 6.42 Å². The van der Waals surface area contributed by atoms with Gasteiger partial charge in [-0.3, -0.25) is 4.79 Å². The summed E-state index contributed by atoms with van der Waals surface area (Å²) >= 11 is 8.97. The third-order valence-corrected chi connectivity index (χ3v) is 5.39. The highest BCUT2D eigenvalue weighted by atomic mass is 35.5. The van der Waals surface area contributed by atoms with Crippen LogP contribution in [0.1, 0.15) is 12.1 Å². The van der Waals surface area contributed by atoms with Crippen LogP contribution >= 0.6 is 59.1 Å². The van der Waals surface area contributed by atoms with E-state index >= 15 is 0 Å². The molecule has 0 aromatic carbocycles. The van der Waals surface area contributed by atoms with Crippen LogP contribution in [0.3, 0.4) is 0 Å². The van der Waals surface area contributed by atoms with Crippen molar-refractivity contribution in [3.05, 3.63) is 27.5 Å². The third-order valence-electron chi connectivity index (χ3n) is 3.10. The van der Waals surface area contributed by atoms with Crippen LogP contribution in [0, 0.1) is 0 Å². The van der Waals surface area contributed by atoms with E-state index in [9.17, 15) is 4.79 Å². The molecule has 0 radical (unpaired) electrons. The lowest BCUT2D eigenvalue weighted by Gasteiger charge is -2.10. The van der Waals surface area contributed by atoms with Crippen LogP contribution in [0.15, 0.2) is 17.5 Å². The molecule has 0 saturated carbocycles. The van der Waals surface area contributed by atoms with Crippen molar-refractivity contribution < 1.29 is 4.79 Å². The average Bonchev–Trinajstić information content (AvgIpc) is 3.10. The maximum absolute atomic E-state index is 11.9. The fourth-order valence-electron chi connectivity index (χ4n) is 2.15. The molecule has 1 fully saturated rings. The number of hydrogen-bond acceptors (Lipinski definition) is 5. The number of thiophene rings is 1. The standard InChI is InChI=1S/C13H14ClN3OS2.2ClH/c14-11-2-1-10(20-11)13-17-9(7-19-13)5-12(18)16-8-3-4-15-6-8;;/h1-2,7-8,15H,3-6H2,(H,16,18);2*1H. The van der Waals surface area contributed by atoms with Gasteiger partial charge in [-0.25, -0.2) is 4.98 Å². The fraction of sp³-hybridized carbons (Fsp3) is 0.385. The molecule has 1 atom stereocenters. The van der Waals surface area contributed by atoms with Crippen LogP contribution in [0.5, 0.6) is 0 Å². The SMILES string of the molecule is Cl.Cl.O=C(Cc1csc(-c2ccc(Cl)s2)n1)NC1CCNC1. The quantitative estimate of drug-likeness (QED) is 0.827. The Kier molecular flexibility index (Phi) is 8.10. The summed E-state index contributed by atoms with van der Waals surface area (Å²) in [6.45, 7) is 1.84. The highest BCUT2D eigenvalue weighted by Crippen LogP contribution is 2.32. The number of nitrogens with one attached hydrogen (secondary N) is 2. The molecule has 9 heteroatoms. The summed E-state index contributed by atoms with van der Waals surface area (Å²) < 4.78 is 0.753. The molecular formula is C13H16Cl3N3OS2. The lowest BCUT2D eigenvalue weighted by atomic mass is 10.2. The van der Waals surface area contributed by atoms with Crippen LogP contribution < -0.4 is 10.6 Å². The summed E-state index contributed by atoms with van der Waals surface area (Å²) in [5, 5.41) is 9.12. The third kappa shape index (κ3) is 5.08. The number of aromatic nitrogens is 1. The van der Waals surface area contributed by atoms with Crippen LogP contribution in [0.2, 0.25) is 4.34 Å². The molecule has 22 heavy (non-hydrogen) atoms. The molecule has 2 aromatic rings. The van der Waals surface area contributed by atoms with E-state index in [1.165, 1.54) is 11.3 Å². The molecule has 1 amide bonds. The van der Waals surface area contributed by atoms with Crippen molar-refractivity contribution in [2.24, 2.45) is 0 Å². The van der Waals surface area contributed by atoms with Crippen LogP contribution in [0.25, 0.3) is 9.88 Å². The zero-order valence-electron chi connectivity index (χ0n) is 11.5. The number of hydrogen-bond donors (Lipinski definition) is 2. The van der Waals surface area contributed by atoms with Gasteiger partial charge in [0.1, 0.15) is 5.01 Å². The molecule has 122 valence electrons. The van der Waals surface area contributed by atoms with Crippen molar-refractivity contribution in [3.8, 4) is 9.88 Å². The number of carbonyl (C=O) groups excluding carboxylic acids is 1. The van der Waals surface area contributed by atoms with E-state index in [-0.39, 0.29) is 36.8 Å². The van der Waals surface area contributed by atoms with Crippen molar-refractivity contribution in [2.75, 3.05) is 13.1 Å². The number of halogens is 3. The van der Waals surface area contributed by atoms with Crippen LogP contribution in [-0.4, -0.2) is 30.0 Å². The Morgan fingerprint density at radius 1 is 1.45 bits per heavy atom. The summed E-state index contributed by atoms with van der Waals surface area (Å²) in [5.41, 5.74) is 0.818. The van der Waals surface area contributed by atoms with Gasteiger partial charge in [-0.05, 0) is 25.1 Å². The van der Waals surface area contributed by atoms with Crippen LogP contribution in [-0.2, 0) is 11.2 Å². The second kappa shape index (κ2) is 9.05. The summed E-state index contributed by atoms with van der Waals surface area (Å²) in [4.78, 5) is 17.5. The van der Waals surface area contributed by atoms with Gasteiger partial charge in [0.15, 0.2) is 0 Å². The molecule has 1 unspecified atom stereocenters. The predicted octanol–water partition coefficient (Wildman–Crippen LogP) is 3.39. The summed E-state index contributed by atoms with van der Waals surface area (Å²) in [7, 11) is 0. The Labute approximate surface area is 154 Å². The zero-order chi connectivity index (χ0) is 13.9. The maximum Gasteiger partial charge on any atom is 0.226 e. The molecule has 3 rings (SSSR count). The van der Waals surface area contributed by atoms with Gasteiger partial charge < -0.3 is 10.6 Å². The minimum atomic E-state index is 0. The monoisotopic (exact) mass is 399 g/mol. The molecule has 0 spiro atoms. The van der Waals surface area contributed by atoms with E-state index in [0.717, 1.165) is 39.4 Å². The highest BCUT2D eigenvalue weighted by Gasteiger charge is 2.17. The number of amides is 1. The molecular weight excluding hydrogens is 385 g/mol. The topological polar surface area (TPSA) is 54.0 Å². The zero-order valence-corrected chi connectivity index (χ0v) is 15.5. The Balaban J connectivity index is 0.00000121. The Hall–Kier alpha value is -0.370. The Morgan fingerprint density at radius 2 is 2.27 bits per heavy atom. The molecule has 0 aliphatic carbocycles. The highest BCUT2D eigenvalue weighted by molar-refractivity contribution is 7.23. The van der Waals surface area contributed by atoms with Crippen molar-refractivity contribution >= 4 is 65.0 Å². The number of nitrogens with zero attached hydrogens (tertiary/aromatic N) is 1. The van der Waals surface area contributed by atoms with Crippen LogP contribution in [0.4, 0.5) is 0 Å². The number of rotatable bonds is 4. The molecule has 1 aliphatic heterocycles. The van der Waals surface area contributed by atoms with E-state index in [4.69, 9.17) is 11.6 Å². The summed E-state index contributed by atoms with van der Waals surface area (Å²) in [6, 6.07) is 4.08. The van der Waals surface area contributed by atoms with Gasteiger partial charge in [0.25, 0.3) is 0 Å². The van der Waals surface area contributed by atoms with Crippen molar-refractivity contribution in [1.82, 2.24) is 15.6 Å². The number of thiazole rings is 1. The fourth-order valence-corrected chi connectivity index (χ4v) is 4.09. The van der Waals surface area contributed by atoms with Gasteiger partial charge in [0, 0.05) is 18.0 Å². The van der Waals surface area contributed by atoms with Gasteiger partial charge >= 0.3 is 0 Å². The molecule has 2 N–H and O–H groups in total. The average molecular weight is 401 g/mol. The minimum absolute atomic E-state index is 0. The second-order valence-electron chi connectivity index (χ2n) is 4.68. The molecule has 4 nitrogen and oxygen atoms in total. The van der Waals surface area contributed by atoms with Crippen molar-refractivity contribution in [2.45, 2.75) is 18.9 Å². The van der Waals surface area contributed by atoms with Gasteiger partial charge in [-0.1, -0.05) is 11.6 Å². The maximum atomic E-state index is 11.9. The van der Waals surface area contributed by atoms with E-state index < -0.39 is 0 Å². The lowest BCUT2D eigenvalue weighted by molar-refractivity contribution is -0.121. The Morgan fingerprint density at radius 3 is 2.91 bits per heavy atom. The van der Waals surface area contributed by atoms with Crippen molar-refractivity contribution in [3.63, 3.8) is 0 Å². The van der Waals surface area contributed by atoms with Gasteiger partial charge in [-0.15, -0.1) is 47.5 Å². The first-order chi connectivity index (χ1) is 9.70. The first-order valence-electron chi connectivity index (χ1n) is 6.41. The van der Waals surface area contributed by atoms with Gasteiger partial charge in [0.05, 0.1) is 21.3 Å². The molecule has 0 bridgehead atoms. The molecule has 3 heterocycles. The first kappa shape index (κ1) is 19.7. The molecule has 1 saturated heterocycles. The van der Waals surface area contributed by atoms with Gasteiger partial charge in [-0.2, -0.15) is 0 Å². The second-order valence-corrected chi connectivity index (χ2v) is 7.25. The van der Waals surface area contributed by atoms with Gasteiger partial charge in [0.2, 0.25) is 5.91 Å². The van der Waals surface area contributed by atoms with E-state index in [1.807, 2.05) is 17.5 Å². The minimum Gasteiger partial charge on any atom is -0.352 e. The first-order valence-corrected chi connectivity index (χ1v) is 8.48. The number of carbonyl (C=O) groups is 1. The largest absolute Gasteiger partial charge is 0.352 e. The normalized spacial score (nSPS) is 16.7. The smallest absolute Gasteiger partial charge is 0.226 e. The predicted molar refractivity (Wildman–Crippen MR) is 98.1 cm³/mol. The molecule has 2 aromatic heterocycles. The molecule has 1 aliphatic rings. The summed E-state index contributed by atoms with van der Waals surface area (Å²) in [6.07, 6.45) is 1.34.